The highest BCUT2D eigenvalue weighted by atomic mass is 79.9. The number of carbonyl (C=O) groups is 1. The Balaban J connectivity index is 0.00000625. The number of carbonyl (C=O) groups excluding carboxylic acids is 1. The van der Waals surface area contributed by atoms with Crippen LogP contribution in [0.2, 0.25) is 0 Å². The maximum atomic E-state index is 11.4. The zero-order valence-corrected chi connectivity index (χ0v) is 19.5. The van der Waals surface area contributed by atoms with Crippen molar-refractivity contribution in [1.82, 2.24) is 0 Å². The highest BCUT2D eigenvalue weighted by Gasteiger charge is 2.38. The van der Waals surface area contributed by atoms with E-state index in [0.717, 1.165) is 10.9 Å². The molecule has 156 valence electrons. The van der Waals surface area contributed by atoms with Gasteiger partial charge in [0, 0.05) is 13.3 Å². The SMILES string of the molecule is CCCCCCCCCCCC[N+](C)(C)C1CCCCC1OC(C)=O.[Br-]. The van der Waals surface area contributed by atoms with Crippen LogP contribution in [-0.4, -0.2) is 43.2 Å². The predicted octanol–water partition coefficient (Wildman–Crippen LogP) is 2.86. The Bertz CT molecular complexity index is 360. The summed E-state index contributed by atoms with van der Waals surface area (Å²) in [6.07, 6.45) is 18.7. The first-order valence-electron chi connectivity index (χ1n) is 11.0. The fourth-order valence-corrected chi connectivity index (χ4v) is 4.40. The lowest BCUT2D eigenvalue weighted by atomic mass is 9.89. The molecule has 1 fully saturated rings. The molecule has 0 radical (unpaired) electrons. The van der Waals surface area contributed by atoms with Gasteiger partial charge in [0.15, 0.2) is 6.10 Å². The smallest absolute Gasteiger partial charge is 0.303 e. The molecule has 1 aliphatic rings. The summed E-state index contributed by atoms with van der Waals surface area (Å²) in [6, 6.07) is 0.483. The summed E-state index contributed by atoms with van der Waals surface area (Å²) in [7, 11) is 4.67. The highest BCUT2D eigenvalue weighted by molar-refractivity contribution is 5.66. The van der Waals surface area contributed by atoms with E-state index >= 15 is 0 Å². The van der Waals surface area contributed by atoms with Crippen LogP contribution in [0.15, 0.2) is 0 Å². The molecule has 0 aromatic carbocycles. The monoisotopic (exact) mass is 433 g/mol. The van der Waals surface area contributed by atoms with Gasteiger partial charge in [-0.05, 0) is 32.1 Å². The van der Waals surface area contributed by atoms with Crippen molar-refractivity contribution < 1.29 is 31.0 Å². The summed E-state index contributed by atoms with van der Waals surface area (Å²) in [6.45, 7) is 5.04. The van der Waals surface area contributed by atoms with Crippen molar-refractivity contribution in [3.8, 4) is 0 Å². The molecule has 0 aliphatic heterocycles. The minimum Gasteiger partial charge on any atom is -1.00 e. The standard InChI is InChI=1S/C22H44NO2.BrH/c1-5-6-7-8-9-10-11-12-13-16-19-23(3,4)21-17-14-15-18-22(21)25-20(2)24;/h21-22H,5-19H2,1-4H3;1H/q+1;/p-1. The van der Waals surface area contributed by atoms with Gasteiger partial charge in [0.1, 0.15) is 6.04 Å². The van der Waals surface area contributed by atoms with Crippen molar-refractivity contribution in [1.29, 1.82) is 0 Å². The van der Waals surface area contributed by atoms with Crippen LogP contribution in [0, 0.1) is 0 Å². The number of likely N-dealkylation sites (N-methyl/N-ethyl adjacent to an activating group) is 1. The number of hydrogen-bond donors (Lipinski definition) is 0. The van der Waals surface area contributed by atoms with E-state index in [4.69, 9.17) is 4.74 Å². The molecule has 26 heavy (non-hydrogen) atoms. The number of halogens is 1. The molecule has 0 bridgehead atoms. The number of hydrogen-bond acceptors (Lipinski definition) is 2. The Morgan fingerprint density at radius 2 is 1.38 bits per heavy atom. The molecule has 0 saturated heterocycles. The van der Waals surface area contributed by atoms with Crippen LogP contribution >= 0.6 is 0 Å². The zero-order chi connectivity index (χ0) is 18.5. The summed E-state index contributed by atoms with van der Waals surface area (Å²) >= 11 is 0. The predicted molar refractivity (Wildman–Crippen MR) is 107 cm³/mol. The Hall–Kier alpha value is -0.0900. The zero-order valence-electron chi connectivity index (χ0n) is 17.9. The first kappa shape index (κ1) is 25.9. The third-order valence-corrected chi connectivity index (χ3v) is 5.97. The molecule has 0 aromatic heterocycles. The largest absolute Gasteiger partial charge is 1.00 e. The maximum absolute atomic E-state index is 11.4. The van der Waals surface area contributed by atoms with Crippen molar-refractivity contribution in [2.45, 2.75) is 116 Å². The van der Waals surface area contributed by atoms with E-state index in [1.165, 1.54) is 90.0 Å². The number of quaternary nitrogens is 1. The van der Waals surface area contributed by atoms with Crippen LogP contribution in [0.25, 0.3) is 0 Å². The summed E-state index contributed by atoms with van der Waals surface area (Å²) < 4.78 is 6.64. The average Bonchev–Trinajstić information content (AvgIpc) is 2.56. The molecule has 0 heterocycles. The molecule has 0 spiro atoms. The molecule has 0 amide bonds. The van der Waals surface area contributed by atoms with E-state index in [9.17, 15) is 4.79 Å². The van der Waals surface area contributed by atoms with E-state index in [-0.39, 0.29) is 29.1 Å². The van der Waals surface area contributed by atoms with Crippen molar-refractivity contribution in [2.24, 2.45) is 0 Å². The number of nitrogens with zero attached hydrogens (tertiary/aromatic N) is 1. The minimum absolute atomic E-state index is 0. The molecular formula is C22H44BrNO2. The third-order valence-electron chi connectivity index (χ3n) is 5.97. The fourth-order valence-electron chi connectivity index (χ4n) is 4.40. The fraction of sp³-hybridized carbons (Fsp3) is 0.955. The van der Waals surface area contributed by atoms with Gasteiger partial charge in [0.05, 0.1) is 20.6 Å². The molecule has 0 N–H and O–H groups in total. The van der Waals surface area contributed by atoms with Crippen molar-refractivity contribution in [3.05, 3.63) is 0 Å². The van der Waals surface area contributed by atoms with Gasteiger partial charge in [-0.3, -0.25) is 4.79 Å². The quantitative estimate of drug-likeness (QED) is 0.253. The second-order valence-electron chi connectivity index (χ2n) is 8.68. The second-order valence-corrected chi connectivity index (χ2v) is 8.68. The summed E-state index contributed by atoms with van der Waals surface area (Å²) in [5.74, 6) is -0.115. The van der Waals surface area contributed by atoms with Gasteiger partial charge < -0.3 is 26.2 Å². The summed E-state index contributed by atoms with van der Waals surface area (Å²) in [5.41, 5.74) is 0. The van der Waals surface area contributed by atoms with Crippen LogP contribution in [0.4, 0.5) is 0 Å². The second kappa shape index (κ2) is 14.9. The van der Waals surface area contributed by atoms with Gasteiger partial charge in [-0.25, -0.2) is 0 Å². The molecule has 3 nitrogen and oxygen atoms in total. The maximum Gasteiger partial charge on any atom is 0.303 e. The lowest BCUT2D eigenvalue weighted by molar-refractivity contribution is -0.919. The van der Waals surface area contributed by atoms with Gasteiger partial charge >= 0.3 is 5.97 Å². The Labute approximate surface area is 173 Å². The Morgan fingerprint density at radius 3 is 1.92 bits per heavy atom. The Kier molecular flexibility index (Phi) is 14.9. The molecule has 0 aromatic rings. The minimum atomic E-state index is -0.115. The molecule has 2 atom stereocenters. The molecular weight excluding hydrogens is 390 g/mol. The van der Waals surface area contributed by atoms with Gasteiger partial charge in [0.25, 0.3) is 0 Å². The number of ether oxygens (including phenoxy) is 1. The third kappa shape index (κ3) is 10.9. The normalized spacial score (nSPS) is 20.5. The van der Waals surface area contributed by atoms with E-state index in [0.29, 0.717) is 6.04 Å². The number of rotatable bonds is 13. The molecule has 2 unspecified atom stereocenters. The van der Waals surface area contributed by atoms with E-state index in [2.05, 4.69) is 21.0 Å². The van der Waals surface area contributed by atoms with Gasteiger partial charge in [-0.15, -0.1) is 0 Å². The van der Waals surface area contributed by atoms with Crippen molar-refractivity contribution in [3.63, 3.8) is 0 Å². The Morgan fingerprint density at radius 1 is 0.885 bits per heavy atom. The van der Waals surface area contributed by atoms with E-state index in [1.807, 2.05) is 0 Å². The first-order valence-corrected chi connectivity index (χ1v) is 11.0. The van der Waals surface area contributed by atoms with Gasteiger partial charge in [-0.1, -0.05) is 58.3 Å². The molecule has 1 aliphatic carbocycles. The van der Waals surface area contributed by atoms with Gasteiger partial charge in [0.2, 0.25) is 0 Å². The lowest BCUT2D eigenvalue weighted by Gasteiger charge is -2.43. The molecule has 4 heteroatoms. The van der Waals surface area contributed by atoms with E-state index < -0.39 is 0 Å². The van der Waals surface area contributed by atoms with Crippen molar-refractivity contribution in [2.75, 3.05) is 20.6 Å². The first-order chi connectivity index (χ1) is 12.0. The van der Waals surface area contributed by atoms with Crippen LogP contribution in [-0.2, 0) is 9.53 Å². The molecule has 1 saturated carbocycles. The van der Waals surface area contributed by atoms with Crippen LogP contribution in [0.5, 0.6) is 0 Å². The topological polar surface area (TPSA) is 26.3 Å². The number of unbranched alkanes of at least 4 members (excludes halogenated alkanes) is 9. The summed E-state index contributed by atoms with van der Waals surface area (Å²) in [5, 5.41) is 0. The van der Waals surface area contributed by atoms with Gasteiger partial charge in [-0.2, -0.15) is 0 Å². The van der Waals surface area contributed by atoms with Crippen molar-refractivity contribution >= 4 is 5.97 Å². The highest BCUT2D eigenvalue weighted by Crippen LogP contribution is 2.29. The lowest BCUT2D eigenvalue weighted by Crippen LogP contribution is -3.00. The number of esters is 1. The van der Waals surface area contributed by atoms with E-state index in [1.54, 1.807) is 6.92 Å². The van der Waals surface area contributed by atoms with Crippen LogP contribution in [0.1, 0.15) is 104 Å². The molecule has 1 rings (SSSR count). The summed E-state index contributed by atoms with van der Waals surface area (Å²) in [4.78, 5) is 11.4. The van der Waals surface area contributed by atoms with Crippen LogP contribution < -0.4 is 17.0 Å². The average molecular weight is 435 g/mol. The van der Waals surface area contributed by atoms with Crippen LogP contribution in [0.3, 0.4) is 0 Å².